The predicted molar refractivity (Wildman–Crippen MR) is 64.5 cm³/mol. The molecule has 1 N–H and O–H groups in total. The zero-order valence-corrected chi connectivity index (χ0v) is 10.6. The quantitative estimate of drug-likeness (QED) is 0.660. The number of nitrogens with one attached hydrogen (secondary N) is 1. The fourth-order valence-electron chi connectivity index (χ4n) is 1.26. The number of carbonyl (C=O) groups is 2. The molecule has 1 aromatic carbocycles. The molecule has 0 aromatic heterocycles. The monoisotopic (exact) mass is 273 g/mol. The van der Waals surface area contributed by atoms with Crippen LogP contribution < -0.4 is 5.32 Å². The maximum absolute atomic E-state index is 13.4. The molecule has 0 heterocycles. The van der Waals surface area contributed by atoms with Gasteiger partial charge in [0, 0.05) is 17.1 Å². The maximum atomic E-state index is 13.4. The highest BCUT2D eigenvalue weighted by atomic mass is 35.5. The van der Waals surface area contributed by atoms with E-state index in [1.165, 1.54) is 12.1 Å². The minimum atomic E-state index is -0.605. The first-order chi connectivity index (χ1) is 8.52. The van der Waals surface area contributed by atoms with Crippen molar-refractivity contribution >= 4 is 23.5 Å². The lowest BCUT2D eigenvalue weighted by Crippen LogP contribution is -2.26. The van der Waals surface area contributed by atoms with E-state index >= 15 is 0 Å². The SMILES string of the molecule is CCOC(=O)CC(=O)NCc1ccc(Cl)cc1F. The fourth-order valence-corrected chi connectivity index (χ4v) is 1.42. The molecule has 0 aliphatic carbocycles. The fraction of sp³-hybridized carbons (Fsp3) is 0.333. The second-order valence-corrected chi connectivity index (χ2v) is 3.93. The number of hydrogen-bond acceptors (Lipinski definition) is 3. The molecule has 0 spiro atoms. The Morgan fingerprint density at radius 2 is 2.17 bits per heavy atom. The number of ether oxygens (including phenoxy) is 1. The van der Waals surface area contributed by atoms with Crippen molar-refractivity contribution in [3.8, 4) is 0 Å². The molecule has 0 atom stereocenters. The van der Waals surface area contributed by atoms with Crippen LogP contribution in [0.5, 0.6) is 0 Å². The molecule has 1 amide bonds. The highest BCUT2D eigenvalue weighted by molar-refractivity contribution is 6.30. The van der Waals surface area contributed by atoms with Gasteiger partial charge in [-0.05, 0) is 19.1 Å². The molecule has 0 unspecified atom stereocenters. The Kier molecular flexibility index (Phi) is 5.58. The number of esters is 1. The summed E-state index contributed by atoms with van der Waals surface area (Å²) in [5.41, 5.74) is 0.302. The molecule has 98 valence electrons. The Morgan fingerprint density at radius 3 is 2.78 bits per heavy atom. The summed E-state index contributed by atoms with van der Waals surface area (Å²) in [4.78, 5) is 22.3. The minimum Gasteiger partial charge on any atom is -0.466 e. The number of benzene rings is 1. The average Bonchev–Trinajstić information content (AvgIpc) is 2.28. The van der Waals surface area contributed by atoms with Crippen LogP contribution in [-0.2, 0) is 20.9 Å². The Bertz CT molecular complexity index is 451. The van der Waals surface area contributed by atoms with Crippen molar-refractivity contribution in [1.82, 2.24) is 5.32 Å². The Hall–Kier alpha value is -1.62. The molecule has 4 nitrogen and oxygen atoms in total. The van der Waals surface area contributed by atoms with Gasteiger partial charge in [-0.15, -0.1) is 0 Å². The Labute approximate surface area is 109 Å². The van der Waals surface area contributed by atoms with Crippen LogP contribution in [0.3, 0.4) is 0 Å². The van der Waals surface area contributed by atoms with Crippen LogP contribution in [0.4, 0.5) is 4.39 Å². The first kappa shape index (κ1) is 14.4. The molecular formula is C12H13ClFNO3. The van der Waals surface area contributed by atoms with Crippen LogP contribution in [-0.4, -0.2) is 18.5 Å². The summed E-state index contributed by atoms with van der Waals surface area (Å²) < 4.78 is 18.0. The number of hydrogen-bond donors (Lipinski definition) is 1. The average molecular weight is 274 g/mol. The van der Waals surface area contributed by atoms with Crippen molar-refractivity contribution in [2.45, 2.75) is 19.9 Å². The van der Waals surface area contributed by atoms with Gasteiger partial charge >= 0.3 is 5.97 Å². The third kappa shape index (κ3) is 4.71. The molecule has 0 radical (unpaired) electrons. The molecule has 1 rings (SSSR count). The van der Waals surface area contributed by atoms with Crippen LogP contribution in [0.1, 0.15) is 18.9 Å². The number of amides is 1. The summed E-state index contributed by atoms with van der Waals surface area (Å²) in [6.07, 6.45) is -0.372. The summed E-state index contributed by atoms with van der Waals surface area (Å²) in [5, 5.41) is 2.71. The third-order valence-electron chi connectivity index (χ3n) is 2.10. The predicted octanol–water partition coefficient (Wildman–Crippen LogP) is 2.05. The van der Waals surface area contributed by atoms with Crippen molar-refractivity contribution in [3.63, 3.8) is 0 Å². The van der Waals surface area contributed by atoms with Gasteiger partial charge in [-0.2, -0.15) is 0 Å². The van der Waals surface area contributed by atoms with Crippen LogP contribution in [0.2, 0.25) is 5.02 Å². The zero-order chi connectivity index (χ0) is 13.5. The molecule has 0 fully saturated rings. The number of halogens is 2. The molecule has 1 aromatic rings. The largest absolute Gasteiger partial charge is 0.466 e. The van der Waals surface area contributed by atoms with Gasteiger partial charge in [0.15, 0.2) is 0 Å². The first-order valence-electron chi connectivity index (χ1n) is 5.39. The van der Waals surface area contributed by atoms with Crippen LogP contribution >= 0.6 is 11.6 Å². The second kappa shape index (κ2) is 6.96. The molecule has 0 saturated heterocycles. The number of rotatable bonds is 5. The van der Waals surface area contributed by atoms with E-state index in [4.69, 9.17) is 11.6 Å². The maximum Gasteiger partial charge on any atom is 0.315 e. The van der Waals surface area contributed by atoms with Gasteiger partial charge in [0.05, 0.1) is 6.61 Å². The van der Waals surface area contributed by atoms with Crippen molar-refractivity contribution in [2.24, 2.45) is 0 Å². The van der Waals surface area contributed by atoms with E-state index in [0.717, 1.165) is 6.07 Å². The second-order valence-electron chi connectivity index (χ2n) is 3.49. The molecule has 6 heteroatoms. The highest BCUT2D eigenvalue weighted by Gasteiger charge is 2.10. The van der Waals surface area contributed by atoms with Crippen molar-refractivity contribution in [1.29, 1.82) is 0 Å². The van der Waals surface area contributed by atoms with Gasteiger partial charge in [-0.25, -0.2) is 4.39 Å². The van der Waals surface area contributed by atoms with Gasteiger partial charge < -0.3 is 10.1 Å². The molecule has 0 bridgehead atoms. The van der Waals surface area contributed by atoms with E-state index in [1.807, 2.05) is 0 Å². The van der Waals surface area contributed by atoms with E-state index in [0.29, 0.717) is 5.56 Å². The Morgan fingerprint density at radius 1 is 1.44 bits per heavy atom. The van der Waals surface area contributed by atoms with E-state index in [1.54, 1.807) is 6.92 Å². The van der Waals surface area contributed by atoms with Crippen LogP contribution in [0.25, 0.3) is 0 Å². The molecule has 0 aliphatic heterocycles. The highest BCUT2D eigenvalue weighted by Crippen LogP contribution is 2.14. The van der Waals surface area contributed by atoms with E-state index in [9.17, 15) is 14.0 Å². The summed E-state index contributed by atoms with van der Waals surface area (Å²) >= 11 is 5.59. The van der Waals surface area contributed by atoms with Gasteiger partial charge in [0.25, 0.3) is 0 Å². The summed E-state index contributed by atoms with van der Waals surface area (Å²) in [5.74, 6) is -1.62. The summed E-state index contributed by atoms with van der Waals surface area (Å²) in [7, 11) is 0. The molecule has 0 saturated carbocycles. The number of carbonyl (C=O) groups excluding carboxylic acids is 2. The Balaban J connectivity index is 2.45. The minimum absolute atomic E-state index is 0.00123. The van der Waals surface area contributed by atoms with Gasteiger partial charge in [0.2, 0.25) is 5.91 Å². The standard InChI is InChI=1S/C12H13ClFNO3/c1-2-18-12(17)6-11(16)15-7-8-3-4-9(13)5-10(8)14/h3-5H,2,6-7H2,1H3,(H,15,16). The van der Waals surface area contributed by atoms with E-state index < -0.39 is 17.7 Å². The topological polar surface area (TPSA) is 55.4 Å². The summed E-state index contributed by atoms with van der Waals surface area (Å²) in [6.45, 7) is 1.87. The van der Waals surface area contributed by atoms with Crippen molar-refractivity contribution < 1.29 is 18.7 Å². The van der Waals surface area contributed by atoms with E-state index in [2.05, 4.69) is 10.1 Å². The van der Waals surface area contributed by atoms with E-state index in [-0.39, 0.29) is 24.6 Å². The van der Waals surface area contributed by atoms with Crippen LogP contribution in [0, 0.1) is 5.82 Å². The normalized spacial score (nSPS) is 9.94. The third-order valence-corrected chi connectivity index (χ3v) is 2.34. The van der Waals surface area contributed by atoms with Crippen molar-refractivity contribution in [2.75, 3.05) is 6.61 Å². The molecular weight excluding hydrogens is 261 g/mol. The zero-order valence-electron chi connectivity index (χ0n) is 9.83. The van der Waals surface area contributed by atoms with Gasteiger partial charge in [0.1, 0.15) is 12.2 Å². The summed E-state index contributed by atoms with van der Waals surface area (Å²) in [6, 6.07) is 4.16. The van der Waals surface area contributed by atoms with Crippen LogP contribution in [0.15, 0.2) is 18.2 Å². The van der Waals surface area contributed by atoms with Crippen molar-refractivity contribution in [3.05, 3.63) is 34.6 Å². The lowest BCUT2D eigenvalue weighted by atomic mass is 10.2. The molecule has 0 aliphatic rings. The smallest absolute Gasteiger partial charge is 0.315 e. The van der Waals surface area contributed by atoms with Gasteiger partial charge in [-0.3, -0.25) is 9.59 Å². The molecule has 18 heavy (non-hydrogen) atoms. The lowest BCUT2D eigenvalue weighted by Gasteiger charge is -2.06. The lowest BCUT2D eigenvalue weighted by molar-refractivity contribution is -0.146. The van der Waals surface area contributed by atoms with Gasteiger partial charge in [-0.1, -0.05) is 17.7 Å². The first-order valence-corrected chi connectivity index (χ1v) is 5.77.